The molecule has 2 N–H and O–H groups in total. The van der Waals surface area contributed by atoms with Crippen LogP contribution in [-0.2, 0) is 7.05 Å². The molecule has 1 fully saturated rings. The Kier molecular flexibility index (Phi) is 2.59. The lowest BCUT2D eigenvalue weighted by Gasteiger charge is -2.38. The zero-order valence-corrected chi connectivity index (χ0v) is 9.90. The smallest absolute Gasteiger partial charge is 0.113 e. The van der Waals surface area contributed by atoms with Gasteiger partial charge in [-0.15, -0.1) is 0 Å². The van der Waals surface area contributed by atoms with Crippen molar-refractivity contribution in [2.45, 2.75) is 45.1 Å². The molecule has 1 aliphatic carbocycles. The zero-order chi connectivity index (χ0) is 11.1. The summed E-state index contributed by atoms with van der Waals surface area (Å²) in [4.78, 5) is 4.44. The van der Waals surface area contributed by atoms with E-state index in [1.807, 2.05) is 12.4 Å². The second-order valence-electron chi connectivity index (χ2n) is 5.57. The monoisotopic (exact) mass is 207 g/mol. The summed E-state index contributed by atoms with van der Waals surface area (Å²) in [5, 5.41) is 0. The Morgan fingerprint density at radius 3 is 2.87 bits per heavy atom. The third-order valence-electron chi connectivity index (χ3n) is 3.63. The lowest BCUT2D eigenvalue weighted by atomic mass is 9.70. The maximum absolute atomic E-state index is 6.21. The lowest BCUT2D eigenvalue weighted by Crippen LogP contribution is -2.38. The minimum absolute atomic E-state index is 0.277. The Balaban J connectivity index is 2.24. The van der Waals surface area contributed by atoms with E-state index in [9.17, 15) is 0 Å². The predicted octanol–water partition coefficient (Wildman–Crippen LogP) is 2.04. The highest BCUT2D eigenvalue weighted by atomic mass is 15.0. The molecular formula is C12H21N3. The van der Waals surface area contributed by atoms with Gasteiger partial charge in [0.1, 0.15) is 5.82 Å². The first-order valence-corrected chi connectivity index (χ1v) is 5.72. The molecule has 0 saturated heterocycles. The van der Waals surface area contributed by atoms with Crippen molar-refractivity contribution in [3.8, 4) is 0 Å². The van der Waals surface area contributed by atoms with E-state index in [4.69, 9.17) is 5.73 Å². The van der Waals surface area contributed by atoms with Crippen molar-refractivity contribution in [2.75, 3.05) is 0 Å². The Hall–Kier alpha value is -0.830. The fourth-order valence-electron chi connectivity index (χ4n) is 2.62. The van der Waals surface area contributed by atoms with Crippen molar-refractivity contribution in [1.29, 1.82) is 0 Å². The summed E-state index contributed by atoms with van der Waals surface area (Å²) in [5.41, 5.74) is 6.62. The van der Waals surface area contributed by atoms with Gasteiger partial charge in [0.25, 0.3) is 0 Å². The Bertz CT molecular complexity index is 340. The van der Waals surface area contributed by atoms with Gasteiger partial charge < -0.3 is 10.3 Å². The standard InChI is InChI=1S/C12H21N3/c1-12(2)5-4-10(13)9(8-12)11-14-6-7-15(11)3/h6-7,9-10H,4-5,8,13H2,1-3H3. The molecule has 0 radical (unpaired) electrons. The topological polar surface area (TPSA) is 43.8 Å². The normalized spacial score (nSPS) is 30.4. The molecule has 1 saturated carbocycles. The van der Waals surface area contributed by atoms with Gasteiger partial charge in [0, 0.05) is 31.4 Å². The van der Waals surface area contributed by atoms with Crippen LogP contribution in [0.15, 0.2) is 12.4 Å². The molecule has 0 aliphatic heterocycles. The summed E-state index contributed by atoms with van der Waals surface area (Å²) in [7, 11) is 2.05. The summed E-state index contributed by atoms with van der Waals surface area (Å²) in [6.45, 7) is 4.66. The number of imidazole rings is 1. The summed E-state index contributed by atoms with van der Waals surface area (Å²) < 4.78 is 2.10. The first-order chi connectivity index (χ1) is 6.99. The number of rotatable bonds is 1. The number of hydrogen-bond donors (Lipinski definition) is 1. The average molecular weight is 207 g/mol. The summed E-state index contributed by atoms with van der Waals surface area (Å²) in [6, 6.07) is 0.277. The van der Waals surface area contributed by atoms with E-state index < -0.39 is 0 Å². The van der Waals surface area contributed by atoms with Gasteiger partial charge in [0.15, 0.2) is 0 Å². The molecule has 2 atom stereocenters. The van der Waals surface area contributed by atoms with E-state index in [1.54, 1.807) is 0 Å². The van der Waals surface area contributed by atoms with Gasteiger partial charge in [-0.1, -0.05) is 13.8 Å². The van der Waals surface area contributed by atoms with Crippen LogP contribution < -0.4 is 5.73 Å². The van der Waals surface area contributed by atoms with Crippen LogP contribution in [0.5, 0.6) is 0 Å². The van der Waals surface area contributed by atoms with Gasteiger partial charge in [-0.05, 0) is 24.7 Å². The van der Waals surface area contributed by atoms with E-state index in [2.05, 4.69) is 30.4 Å². The van der Waals surface area contributed by atoms with Crippen LogP contribution in [0.25, 0.3) is 0 Å². The molecule has 0 bridgehead atoms. The van der Waals surface area contributed by atoms with Gasteiger partial charge in [0.05, 0.1) is 0 Å². The highest BCUT2D eigenvalue weighted by Gasteiger charge is 2.35. The number of aromatic nitrogens is 2. The van der Waals surface area contributed by atoms with Crippen LogP contribution in [0.1, 0.15) is 44.9 Å². The van der Waals surface area contributed by atoms with Crippen LogP contribution in [-0.4, -0.2) is 15.6 Å². The minimum atomic E-state index is 0.277. The van der Waals surface area contributed by atoms with Gasteiger partial charge >= 0.3 is 0 Å². The van der Waals surface area contributed by atoms with Crippen LogP contribution in [0.3, 0.4) is 0 Å². The van der Waals surface area contributed by atoms with Gasteiger partial charge in [-0.2, -0.15) is 0 Å². The zero-order valence-electron chi connectivity index (χ0n) is 9.90. The van der Waals surface area contributed by atoms with E-state index >= 15 is 0 Å². The third kappa shape index (κ3) is 2.07. The van der Waals surface area contributed by atoms with Crippen LogP contribution >= 0.6 is 0 Å². The summed E-state index contributed by atoms with van der Waals surface area (Å²) >= 11 is 0. The maximum atomic E-state index is 6.21. The highest BCUT2D eigenvalue weighted by Crippen LogP contribution is 2.42. The molecular weight excluding hydrogens is 186 g/mol. The highest BCUT2D eigenvalue weighted by molar-refractivity contribution is 5.07. The molecule has 0 aromatic carbocycles. The molecule has 2 unspecified atom stereocenters. The Morgan fingerprint density at radius 1 is 1.53 bits per heavy atom. The van der Waals surface area contributed by atoms with Crippen molar-refractivity contribution in [3.05, 3.63) is 18.2 Å². The molecule has 0 amide bonds. The maximum Gasteiger partial charge on any atom is 0.113 e. The van der Waals surface area contributed by atoms with Gasteiger partial charge in [-0.3, -0.25) is 0 Å². The lowest BCUT2D eigenvalue weighted by molar-refractivity contribution is 0.192. The average Bonchev–Trinajstić information content (AvgIpc) is 2.56. The van der Waals surface area contributed by atoms with Crippen molar-refractivity contribution in [2.24, 2.45) is 18.2 Å². The van der Waals surface area contributed by atoms with Crippen LogP contribution in [0, 0.1) is 5.41 Å². The van der Waals surface area contributed by atoms with E-state index in [1.165, 1.54) is 6.42 Å². The molecule has 3 nitrogen and oxygen atoms in total. The largest absolute Gasteiger partial charge is 0.338 e. The molecule has 15 heavy (non-hydrogen) atoms. The number of hydrogen-bond acceptors (Lipinski definition) is 2. The minimum Gasteiger partial charge on any atom is -0.338 e. The number of aryl methyl sites for hydroxylation is 1. The van der Waals surface area contributed by atoms with E-state index in [-0.39, 0.29) is 6.04 Å². The van der Waals surface area contributed by atoms with Crippen molar-refractivity contribution in [1.82, 2.24) is 9.55 Å². The second kappa shape index (κ2) is 3.63. The second-order valence-corrected chi connectivity index (χ2v) is 5.57. The Morgan fingerprint density at radius 2 is 2.27 bits per heavy atom. The van der Waals surface area contributed by atoms with Gasteiger partial charge in [-0.25, -0.2) is 4.98 Å². The van der Waals surface area contributed by atoms with Crippen molar-refractivity contribution < 1.29 is 0 Å². The van der Waals surface area contributed by atoms with Crippen molar-refractivity contribution >= 4 is 0 Å². The number of nitrogens with two attached hydrogens (primary N) is 1. The molecule has 0 spiro atoms. The van der Waals surface area contributed by atoms with E-state index in [0.717, 1.165) is 18.7 Å². The summed E-state index contributed by atoms with van der Waals surface area (Å²) in [6.07, 6.45) is 7.37. The third-order valence-corrected chi connectivity index (χ3v) is 3.63. The molecule has 1 aromatic heterocycles. The fourth-order valence-corrected chi connectivity index (χ4v) is 2.62. The molecule has 1 aromatic rings. The number of nitrogens with zero attached hydrogens (tertiary/aromatic N) is 2. The predicted molar refractivity (Wildman–Crippen MR) is 61.6 cm³/mol. The molecule has 3 heteroatoms. The van der Waals surface area contributed by atoms with Gasteiger partial charge in [0.2, 0.25) is 0 Å². The first-order valence-electron chi connectivity index (χ1n) is 5.72. The Labute approximate surface area is 91.7 Å². The first kappa shape index (κ1) is 10.7. The molecule has 1 aliphatic rings. The fraction of sp³-hybridized carbons (Fsp3) is 0.750. The SMILES string of the molecule is Cn1ccnc1C1CC(C)(C)CCC1N. The summed E-state index contributed by atoms with van der Waals surface area (Å²) in [5.74, 6) is 1.57. The van der Waals surface area contributed by atoms with E-state index in [0.29, 0.717) is 11.3 Å². The van der Waals surface area contributed by atoms with Crippen LogP contribution in [0.2, 0.25) is 0 Å². The molecule has 84 valence electrons. The molecule has 1 heterocycles. The van der Waals surface area contributed by atoms with Crippen LogP contribution in [0.4, 0.5) is 0 Å². The quantitative estimate of drug-likeness (QED) is 0.766. The molecule has 2 rings (SSSR count). The van der Waals surface area contributed by atoms with Crippen molar-refractivity contribution in [3.63, 3.8) is 0 Å².